The Morgan fingerprint density at radius 1 is 1.21 bits per heavy atom. The van der Waals surface area contributed by atoms with E-state index in [-0.39, 0.29) is 6.10 Å². The van der Waals surface area contributed by atoms with Crippen molar-refractivity contribution in [3.05, 3.63) is 47.6 Å². The predicted octanol–water partition coefficient (Wildman–Crippen LogP) is 2.95. The maximum absolute atomic E-state index is 5.63. The van der Waals surface area contributed by atoms with Gasteiger partial charge in [0.1, 0.15) is 6.10 Å². The van der Waals surface area contributed by atoms with E-state index >= 15 is 0 Å². The van der Waals surface area contributed by atoms with Crippen molar-refractivity contribution in [2.75, 3.05) is 6.61 Å². The second-order valence-electron chi connectivity index (χ2n) is 5.09. The number of rotatable bonds is 4. The van der Waals surface area contributed by atoms with Gasteiger partial charge in [-0.3, -0.25) is 0 Å². The molecule has 0 bridgehead atoms. The van der Waals surface area contributed by atoms with Gasteiger partial charge in [0.25, 0.3) is 5.89 Å². The molecule has 0 amide bonds. The Hall–Kier alpha value is -1.68. The summed E-state index contributed by atoms with van der Waals surface area (Å²) in [5, 5.41) is 4.04. The third-order valence-electron chi connectivity index (χ3n) is 3.59. The lowest BCUT2D eigenvalue weighted by atomic mass is 10.0. The Balaban J connectivity index is 1.62. The first-order valence-electron chi connectivity index (χ1n) is 6.81. The van der Waals surface area contributed by atoms with Gasteiger partial charge < -0.3 is 9.26 Å². The zero-order valence-corrected chi connectivity index (χ0v) is 11.1. The molecule has 1 fully saturated rings. The molecule has 1 saturated heterocycles. The molecule has 0 unspecified atom stereocenters. The van der Waals surface area contributed by atoms with Crippen molar-refractivity contribution in [3.8, 4) is 0 Å². The molecule has 4 nitrogen and oxygen atoms in total. The van der Waals surface area contributed by atoms with Crippen molar-refractivity contribution in [1.82, 2.24) is 10.1 Å². The Morgan fingerprint density at radius 3 is 2.79 bits per heavy atom. The first-order chi connectivity index (χ1) is 9.33. The van der Waals surface area contributed by atoms with Crippen LogP contribution in [-0.4, -0.2) is 16.7 Å². The summed E-state index contributed by atoms with van der Waals surface area (Å²) in [6.45, 7) is 2.94. The molecule has 1 aromatic carbocycles. The number of aromatic nitrogens is 2. The Kier molecular flexibility index (Phi) is 3.60. The third-order valence-corrected chi connectivity index (χ3v) is 3.59. The van der Waals surface area contributed by atoms with E-state index in [4.69, 9.17) is 9.26 Å². The minimum Gasteiger partial charge on any atom is -0.368 e. The van der Waals surface area contributed by atoms with Crippen molar-refractivity contribution >= 4 is 0 Å². The van der Waals surface area contributed by atoms with E-state index < -0.39 is 0 Å². The van der Waals surface area contributed by atoms with Gasteiger partial charge in [-0.1, -0.05) is 42.4 Å². The fourth-order valence-corrected chi connectivity index (χ4v) is 2.40. The highest BCUT2D eigenvalue weighted by molar-refractivity contribution is 5.15. The van der Waals surface area contributed by atoms with Gasteiger partial charge in [0.05, 0.1) is 0 Å². The average Bonchev–Trinajstić information content (AvgIpc) is 3.06. The number of hydrogen-bond donors (Lipinski definition) is 0. The van der Waals surface area contributed by atoms with E-state index in [2.05, 4.69) is 29.2 Å². The van der Waals surface area contributed by atoms with Gasteiger partial charge in [-0.15, -0.1) is 0 Å². The quantitative estimate of drug-likeness (QED) is 0.846. The van der Waals surface area contributed by atoms with Crippen molar-refractivity contribution in [2.45, 2.75) is 32.3 Å². The number of nitrogens with zero attached hydrogens (tertiary/aromatic N) is 2. The van der Waals surface area contributed by atoms with Gasteiger partial charge in [-0.25, -0.2) is 0 Å². The van der Waals surface area contributed by atoms with E-state index in [0.717, 1.165) is 31.7 Å². The van der Waals surface area contributed by atoms with E-state index in [1.54, 1.807) is 0 Å². The van der Waals surface area contributed by atoms with E-state index in [1.165, 1.54) is 5.56 Å². The molecule has 0 radical (unpaired) electrons. The van der Waals surface area contributed by atoms with E-state index in [0.29, 0.717) is 11.8 Å². The highest BCUT2D eigenvalue weighted by Crippen LogP contribution is 2.32. The largest absolute Gasteiger partial charge is 0.368 e. The standard InChI is InChI=1S/C15H18N2O2/c1-11-9-10-18-14(11)15-16-13(17-19-15)8-7-12-5-3-2-4-6-12/h2-6,11,14H,7-10H2,1H3/t11-,14+/m1/s1. The minimum atomic E-state index is -0.0158. The summed E-state index contributed by atoms with van der Waals surface area (Å²) in [6, 6.07) is 10.3. The first-order valence-corrected chi connectivity index (χ1v) is 6.81. The monoisotopic (exact) mass is 258 g/mol. The Labute approximate surface area is 112 Å². The van der Waals surface area contributed by atoms with Crippen LogP contribution in [0.1, 0.15) is 36.7 Å². The zero-order chi connectivity index (χ0) is 13.1. The van der Waals surface area contributed by atoms with Gasteiger partial charge in [-0.2, -0.15) is 4.98 Å². The minimum absolute atomic E-state index is 0.0158. The van der Waals surface area contributed by atoms with Crippen molar-refractivity contribution in [1.29, 1.82) is 0 Å². The van der Waals surface area contributed by atoms with Crippen LogP contribution in [0, 0.1) is 5.92 Å². The molecule has 0 spiro atoms. The number of ether oxygens (including phenoxy) is 1. The molecule has 2 heterocycles. The van der Waals surface area contributed by atoms with Crippen LogP contribution >= 0.6 is 0 Å². The normalized spacial score (nSPS) is 22.8. The van der Waals surface area contributed by atoms with Crippen LogP contribution in [0.2, 0.25) is 0 Å². The molecule has 0 N–H and O–H groups in total. The van der Waals surface area contributed by atoms with Crippen LogP contribution < -0.4 is 0 Å². The SMILES string of the molecule is C[C@@H]1CCO[C@@H]1c1nc(CCc2ccccc2)no1. The molecule has 2 aromatic rings. The van der Waals surface area contributed by atoms with Crippen molar-refractivity contribution < 1.29 is 9.26 Å². The van der Waals surface area contributed by atoms with Crippen molar-refractivity contribution in [2.24, 2.45) is 5.92 Å². The van der Waals surface area contributed by atoms with Crippen LogP contribution in [0.5, 0.6) is 0 Å². The average molecular weight is 258 g/mol. The second-order valence-corrected chi connectivity index (χ2v) is 5.09. The van der Waals surface area contributed by atoms with Gasteiger partial charge in [-0.05, 0) is 24.3 Å². The molecule has 1 aliphatic rings. The third kappa shape index (κ3) is 2.84. The zero-order valence-electron chi connectivity index (χ0n) is 11.1. The fraction of sp³-hybridized carbons (Fsp3) is 0.467. The molecule has 100 valence electrons. The number of benzene rings is 1. The molecule has 0 aliphatic carbocycles. The maximum atomic E-state index is 5.63. The summed E-state index contributed by atoms with van der Waals surface area (Å²) in [5.41, 5.74) is 1.29. The van der Waals surface area contributed by atoms with E-state index in [9.17, 15) is 0 Å². The smallest absolute Gasteiger partial charge is 0.256 e. The molecular weight excluding hydrogens is 240 g/mol. The summed E-state index contributed by atoms with van der Waals surface area (Å²) < 4.78 is 11.0. The lowest BCUT2D eigenvalue weighted by Gasteiger charge is -2.07. The highest BCUT2D eigenvalue weighted by Gasteiger charge is 2.30. The van der Waals surface area contributed by atoms with Gasteiger partial charge in [0.2, 0.25) is 0 Å². The van der Waals surface area contributed by atoms with Crippen LogP contribution in [0.25, 0.3) is 0 Å². The summed E-state index contributed by atoms with van der Waals surface area (Å²) in [5.74, 6) is 1.86. The Bertz CT molecular complexity index is 524. The molecule has 1 aliphatic heterocycles. The van der Waals surface area contributed by atoms with Crippen LogP contribution in [-0.2, 0) is 17.6 Å². The Morgan fingerprint density at radius 2 is 2.05 bits per heavy atom. The molecular formula is C15H18N2O2. The summed E-state index contributed by atoms with van der Waals surface area (Å²) in [4.78, 5) is 4.45. The lowest BCUT2D eigenvalue weighted by Crippen LogP contribution is -2.04. The molecule has 2 atom stereocenters. The van der Waals surface area contributed by atoms with Crippen molar-refractivity contribution in [3.63, 3.8) is 0 Å². The molecule has 0 saturated carbocycles. The number of aryl methyl sites for hydroxylation is 2. The van der Waals surface area contributed by atoms with Crippen LogP contribution in [0.4, 0.5) is 0 Å². The highest BCUT2D eigenvalue weighted by atomic mass is 16.5. The number of hydrogen-bond acceptors (Lipinski definition) is 4. The first kappa shape index (κ1) is 12.4. The predicted molar refractivity (Wildman–Crippen MR) is 70.6 cm³/mol. The summed E-state index contributed by atoms with van der Waals surface area (Å²) >= 11 is 0. The summed E-state index contributed by atoms with van der Waals surface area (Å²) in [7, 11) is 0. The van der Waals surface area contributed by atoms with Gasteiger partial charge in [0, 0.05) is 13.0 Å². The second kappa shape index (κ2) is 5.53. The van der Waals surface area contributed by atoms with Gasteiger partial charge >= 0.3 is 0 Å². The van der Waals surface area contributed by atoms with Crippen LogP contribution in [0.3, 0.4) is 0 Å². The molecule has 4 heteroatoms. The molecule has 3 rings (SSSR count). The van der Waals surface area contributed by atoms with Gasteiger partial charge in [0.15, 0.2) is 5.82 Å². The van der Waals surface area contributed by atoms with E-state index in [1.807, 2.05) is 18.2 Å². The maximum Gasteiger partial charge on any atom is 0.256 e. The van der Waals surface area contributed by atoms with Crippen LogP contribution in [0.15, 0.2) is 34.9 Å². The fourth-order valence-electron chi connectivity index (χ4n) is 2.40. The molecule has 1 aromatic heterocycles. The lowest BCUT2D eigenvalue weighted by molar-refractivity contribution is 0.0661. The topological polar surface area (TPSA) is 48.2 Å². The summed E-state index contributed by atoms with van der Waals surface area (Å²) in [6.07, 6.45) is 2.78. The molecule has 19 heavy (non-hydrogen) atoms.